The van der Waals surface area contributed by atoms with Gasteiger partial charge in [0.1, 0.15) is 0 Å². The summed E-state index contributed by atoms with van der Waals surface area (Å²) in [6.07, 6.45) is 0. The monoisotopic (exact) mass is 169 g/mol. The van der Waals surface area contributed by atoms with Gasteiger partial charge in [-0.25, -0.2) is 0 Å². The molecule has 1 heterocycles. The lowest BCUT2D eigenvalue weighted by Gasteiger charge is -2.23. The molecule has 0 radical (unpaired) electrons. The Hall–Kier alpha value is -0.900. The Labute approximate surface area is 72.2 Å². The molecule has 1 atom stereocenters. The van der Waals surface area contributed by atoms with Crippen LogP contribution in [0.25, 0.3) is 0 Å². The Kier molecular flexibility index (Phi) is 2.19. The van der Waals surface area contributed by atoms with E-state index in [1.807, 2.05) is 20.8 Å². The van der Waals surface area contributed by atoms with Crippen LogP contribution in [0.2, 0.25) is 0 Å². The predicted octanol–water partition coefficient (Wildman–Crippen LogP) is 1.42. The van der Waals surface area contributed by atoms with E-state index in [0.717, 1.165) is 0 Å². The molecule has 68 valence electrons. The summed E-state index contributed by atoms with van der Waals surface area (Å²) in [6.45, 7) is 7.87. The Morgan fingerprint density at radius 3 is 2.25 bits per heavy atom. The second-order valence-electron chi connectivity index (χ2n) is 4.00. The molecule has 0 aromatic carbocycles. The quantitative estimate of drug-likeness (QED) is 0.690. The van der Waals surface area contributed by atoms with Crippen molar-refractivity contribution in [3.8, 4) is 0 Å². The van der Waals surface area contributed by atoms with Crippen molar-refractivity contribution in [3.63, 3.8) is 0 Å². The van der Waals surface area contributed by atoms with Gasteiger partial charge in [0.15, 0.2) is 0 Å². The molecule has 4 nitrogen and oxygen atoms in total. The van der Waals surface area contributed by atoms with E-state index in [-0.39, 0.29) is 11.5 Å². The van der Waals surface area contributed by atoms with E-state index < -0.39 is 0 Å². The molecule has 2 N–H and O–H groups in total. The van der Waals surface area contributed by atoms with E-state index in [1.54, 1.807) is 6.92 Å². The normalized spacial score (nSPS) is 14.8. The van der Waals surface area contributed by atoms with Crippen molar-refractivity contribution in [2.24, 2.45) is 11.1 Å². The summed E-state index contributed by atoms with van der Waals surface area (Å²) in [5.74, 6) is 1.07. The highest BCUT2D eigenvalue weighted by Crippen LogP contribution is 2.29. The Morgan fingerprint density at radius 1 is 1.33 bits per heavy atom. The second-order valence-corrected chi connectivity index (χ2v) is 4.00. The minimum Gasteiger partial charge on any atom is -0.424 e. The molecule has 0 bridgehead atoms. The van der Waals surface area contributed by atoms with E-state index in [1.165, 1.54) is 0 Å². The first-order valence-corrected chi connectivity index (χ1v) is 3.97. The summed E-state index contributed by atoms with van der Waals surface area (Å²) >= 11 is 0. The van der Waals surface area contributed by atoms with Gasteiger partial charge in [0.25, 0.3) is 0 Å². The fraction of sp³-hybridized carbons (Fsp3) is 0.750. The largest absolute Gasteiger partial charge is 0.424 e. The van der Waals surface area contributed by atoms with Gasteiger partial charge < -0.3 is 10.2 Å². The molecule has 0 fully saturated rings. The molecule has 0 saturated carbocycles. The van der Waals surface area contributed by atoms with Gasteiger partial charge in [0, 0.05) is 6.92 Å². The maximum absolute atomic E-state index is 5.89. The fourth-order valence-electron chi connectivity index (χ4n) is 0.808. The van der Waals surface area contributed by atoms with Crippen molar-refractivity contribution in [2.45, 2.75) is 33.7 Å². The number of aromatic nitrogens is 2. The summed E-state index contributed by atoms with van der Waals surface area (Å²) in [5.41, 5.74) is 5.85. The lowest BCUT2D eigenvalue weighted by molar-refractivity contribution is 0.274. The van der Waals surface area contributed by atoms with Crippen molar-refractivity contribution in [3.05, 3.63) is 11.8 Å². The molecule has 4 heteroatoms. The van der Waals surface area contributed by atoms with Crippen LogP contribution in [-0.4, -0.2) is 10.2 Å². The first-order chi connectivity index (χ1) is 5.41. The predicted molar refractivity (Wildman–Crippen MR) is 45.4 cm³/mol. The Bertz CT molecular complexity index is 262. The van der Waals surface area contributed by atoms with Gasteiger partial charge in [0.05, 0.1) is 6.04 Å². The maximum Gasteiger partial charge on any atom is 0.233 e. The summed E-state index contributed by atoms with van der Waals surface area (Å²) in [4.78, 5) is 0. The molecular formula is C8H15N3O. The number of rotatable bonds is 1. The molecule has 0 spiro atoms. The van der Waals surface area contributed by atoms with E-state index in [4.69, 9.17) is 10.2 Å². The van der Waals surface area contributed by atoms with Crippen LogP contribution in [0.3, 0.4) is 0 Å². The highest BCUT2D eigenvalue weighted by atomic mass is 16.4. The summed E-state index contributed by atoms with van der Waals surface area (Å²) in [6, 6.07) is -0.196. The summed E-state index contributed by atoms with van der Waals surface area (Å²) in [7, 11) is 0. The number of nitrogens with two attached hydrogens (primary N) is 1. The lowest BCUT2D eigenvalue weighted by Crippen LogP contribution is -2.26. The van der Waals surface area contributed by atoms with E-state index in [2.05, 4.69) is 10.2 Å². The molecular weight excluding hydrogens is 154 g/mol. The molecule has 1 rings (SSSR count). The van der Waals surface area contributed by atoms with Gasteiger partial charge in [-0.3, -0.25) is 0 Å². The third-order valence-electron chi connectivity index (χ3n) is 1.74. The molecule has 0 aliphatic heterocycles. The standard InChI is InChI=1S/C8H15N3O/c1-5-10-11-7(12-5)6(9)8(2,3)4/h6H,9H2,1-4H3/t6-/m1/s1. The second kappa shape index (κ2) is 2.86. The smallest absolute Gasteiger partial charge is 0.233 e. The van der Waals surface area contributed by atoms with Crippen LogP contribution >= 0.6 is 0 Å². The van der Waals surface area contributed by atoms with E-state index in [9.17, 15) is 0 Å². The zero-order valence-corrected chi connectivity index (χ0v) is 7.96. The zero-order chi connectivity index (χ0) is 9.35. The molecule has 0 aliphatic carbocycles. The SMILES string of the molecule is Cc1nnc([C@@H](N)C(C)(C)C)o1. The van der Waals surface area contributed by atoms with Crippen LogP contribution in [0, 0.1) is 12.3 Å². The Morgan fingerprint density at radius 2 is 1.92 bits per heavy atom. The zero-order valence-electron chi connectivity index (χ0n) is 7.96. The Balaban J connectivity index is 2.85. The highest BCUT2D eigenvalue weighted by Gasteiger charge is 2.26. The van der Waals surface area contributed by atoms with Crippen LogP contribution in [0.4, 0.5) is 0 Å². The van der Waals surface area contributed by atoms with Crippen LogP contribution in [-0.2, 0) is 0 Å². The summed E-state index contributed by atoms with van der Waals surface area (Å²) < 4.78 is 5.22. The topological polar surface area (TPSA) is 64.9 Å². The van der Waals surface area contributed by atoms with Crippen molar-refractivity contribution in [1.29, 1.82) is 0 Å². The van der Waals surface area contributed by atoms with Gasteiger partial charge in [-0.1, -0.05) is 20.8 Å². The van der Waals surface area contributed by atoms with Crippen LogP contribution in [0.15, 0.2) is 4.42 Å². The average Bonchev–Trinajstić information content (AvgIpc) is 2.32. The average molecular weight is 169 g/mol. The third-order valence-corrected chi connectivity index (χ3v) is 1.74. The van der Waals surface area contributed by atoms with Gasteiger partial charge in [-0.2, -0.15) is 0 Å². The van der Waals surface area contributed by atoms with E-state index in [0.29, 0.717) is 11.8 Å². The first kappa shape index (κ1) is 9.19. The van der Waals surface area contributed by atoms with Crippen molar-refractivity contribution in [2.75, 3.05) is 0 Å². The van der Waals surface area contributed by atoms with Crippen LogP contribution in [0.1, 0.15) is 38.6 Å². The van der Waals surface area contributed by atoms with Gasteiger partial charge >= 0.3 is 0 Å². The number of hydrogen-bond donors (Lipinski definition) is 1. The van der Waals surface area contributed by atoms with Gasteiger partial charge in [-0.05, 0) is 5.41 Å². The maximum atomic E-state index is 5.89. The molecule has 1 aromatic heterocycles. The molecule has 0 aliphatic rings. The molecule has 0 unspecified atom stereocenters. The number of aryl methyl sites for hydroxylation is 1. The van der Waals surface area contributed by atoms with Crippen LogP contribution in [0.5, 0.6) is 0 Å². The fourth-order valence-corrected chi connectivity index (χ4v) is 0.808. The minimum atomic E-state index is -0.196. The van der Waals surface area contributed by atoms with Gasteiger partial charge in [0.2, 0.25) is 11.8 Å². The lowest BCUT2D eigenvalue weighted by atomic mass is 9.87. The van der Waals surface area contributed by atoms with Crippen molar-refractivity contribution < 1.29 is 4.42 Å². The van der Waals surface area contributed by atoms with E-state index >= 15 is 0 Å². The first-order valence-electron chi connectivity index (χ1n) is 3.97. The minimum absolute atomic E-state index is 0.0427. The molecule has 1 aromatic rings. The molecule has 0 saturated heterocycles. The highest BCUT2D eigenvalue weighted by molar-refractivity contribution is 4.93. The van der Waals surface area contributed by atoms with Crippen molar-refractivity contribution in [1.82, 2.24) is 10.2 Å². The summed E-state index contributed by atoms with van der Waals surface area (Å²) in [5, 5.41) is 7.60. The van der Waals surface area contributed by atoms with Crippen LogP contribution < -0.4 is 5.73 Å². The van der Waals surface area contributed by atoms with Crippen molar-refractivity contribution >= 4 is 0 Å². The molecule has 0 amide bonds. The number of hydrogen-bond acceptors (Lipinski definition) is 4. The molecule has 12 heavy (non-hydrogen) atoms. The third kappa shape index (κ3) is 1.82. The van der Waals surface area contributed by atoms with Gasteiger partial charge in [-0.15, -0.1) is 10.2 Å². The number of nitrogens with zero attached hydrogens (tertiary/aromatic N) is 2.